The minimum Gasteiger partial charge on any atom is -0.490 e. The van der Waals surface area contributed by atoms with Crippen molar-refractivity contribution < 1.29 is 4.74 Å². The van der Waals surface area contributed by atoms with E-state index < -0.39 is 0 Å². The smallest absolute Gasteiger partial charge is 0.157 e. The minimum absolute atomic E-state index is 0.756. The summed E-state index contributed by atoms with van der Waals surface area (Å²) in [6.45, 7) is 0.756. The Labute approximate surface area is 78.1 Å². The summed E-state index contributed by atoms with van der Waals surface area (Å²) in [6, 6.07) is 0. The average molecular weight is 186 g/mol. The molecule has 0 amide bonds. The summed E-state index contributed by atoms with van der Waals surface area (Å²) in [7, 11) is 1.88. The molecule has 12 heavy (non-hydrogen) atoms. The van der Waals surface area contributed by atoms with Crippen molar-refractivity contribution >= 4 is 12.6 Å². The van der Waals surface area contributed by atoms with Crippen LogP contribution in [-0.2, 0) is 7.05 Å². The van der Waals surface area contributed by atoms with Gasteiger partial charge in [0.2, 0.25) is 0 Å². The van der Waals surface area contributed by atoms with Crippen LogP contribution < -0.4 is 4.74 Å². The zero-order valence-electron chi connectivity index (χ0n) is 7.23. The van der Waals surface area contributed by atoms with E-state index in [2.05, 4.69) is 17.7 Å². The summed E-state index contributed by atoms with van der Waals surface area (Å²) in [5.41, 5.74) is 0. The number of hydrogen-bond acceptors (Lipinski definition) is 3. The van der Waals surface area contributed by atoms with E-state index >= 15 is 0 Å². The van der Waals surface area contributed by atoms with Crippen LogP contribution >= 0.6 is 12.6 Å². The van der Waals surface area contributed by atoms with Crippen LogP contribution in [0.15, 0.2) is 12.4 Å². The fourth-order valence-corrected chi connectivity index (χ4v) is 1.10. The molecule has 0 saturated carbocycles. The summed E-state index contributed by atoms with van der Waals surface area (Å²) in [4.78, 5) is 0. The van der Waals surface area contributed by atoms with Crippen LogP contribution in [0.3, 0.4) is 0 Å². The van der Waals surface area contributed by atoms with Gasteiger partial charge in [-0.1, -0.05) is 0 Å². The number of unbranched alkanes of at least 4 members (excludes halogenated alkanes) is 1. The topological polar surface area (TPSA) is 27.1 Å². The molecule has 1 heterocycles. The Morgan fingerprint density at radius 1 is 1.58 bits per heavy atom. The summed E-state index contributed by atoms with van der Waals surface area (Å²) >= 11 is 4.11. The third-order valence-corrected chi connectivity index (χ3v) is 1.82. The molecule has 0 aliphatic heterocycles. The van der Waals surface area contributed by atoms with Crippen LogP contribution in [0, 0.1) is 0 Å². The lowest BCUT2D eigenvalue weighted by Crippen LogP contribution is -1.96. The quantitative estimate of drug-likeness (QED) is 0.557. The van der Waals surface area contributed by atoms with Crippen molar-refractivity contribution in [2.75, 3.05) is 12.4 Å². The van der Waals surface area contributed by atoms with Gasteiger partial charge in [-0.05, 0) is 18.6 Å². The third kappa shape index (κ3) is 3.17. The van der Waals surface area contributed by atoms with Gasteiger partial charge >= 0.3 is 0 Å². The second-order valence-electron chi connectivity index (χ2n) is 2.63. The molecule has 0 fully saturated rings. The number of nitrogens with zero attached hydrogens (tertiary/aromatic N) is 2. The van der Waals surface area contributed by atoms with Crippen LogP contribution in [0.2, 0.25) is 0 Å². The van der Waals surface area contributed by atoms with Gasteiger partial charge in [-0.15, -0.1) is 0 Å². The summed E-state index contributed by atoms with van der Waals surface area (Å²) in [5.74, 6) is 1.77. The predicted molar refractivity (Wildman–Crippen MR) is 51.8 cm³/mol. The second kappa shape index (κ2) is 5.09. The lowest BCUT2D eigenvalue weighted by molar-refractivity contribution is 0.309. The molecule has 0 bridgehead atoms. The summed E-state index contributed by atoms with van der Waals surface area (Å²) in [6.07, 6.45) is 5.74. The summed E-state index contributed by atoms with van der Waals surface area (Å²) < 4.78 is 7.14. The van der Waals surface area contributed by atoms with Crippen LogP contribution in [-0.4, -0.2) is 22.1 Å². The van der Waals surface area contributed by atoms with E-state index in [0.717, 1.165) is 31.0 Å². The van der Waals surface area contributed by atoms with E-state index in [4.69, 9.17) is 4.74 Å². The highest BCUT2D eigenvalue weighted by Crippen LogP contribution is 2.07. The number of rotatable bonds is 5. The highest BCUT2D eigenvalue weighted by atomic mass is 32.1. The molecule has 0 aromatic carbocycles. The van der Waals surface area contributed by atoms with E-state index in [1.54, 1.807) is 10.9 Å². The van der Waals surface area contributed by atoms with Gasteiger partial charge in [-0.2, -0.15) is 17.7 Å². The molecule has 0 aliphatic carbocycles. The molecule has 1 aromatic rings. The molecule has 1 aromatic heterocycles. The number of thiol groups is 1. The van der Waals surface area contributed by atoms with E-state index in [-0.39, 0.29) is 0 Å². The maximum atomic E-state index is 5.41. The van der Waals surface area contributed by atoms with Crippen LogP contribution in [0.5, 0.6) is 5.75 Å². The summed E-state index contributed by atoms with van der Waals surface area (Å²) in [5, 5.41) is 3.99. The molecule has 0 radical (unpaired) electrons. The Morgan fingerprint density at radius 2 is 2.42 bits per heavy atom. The number of aromatic nitrogens is 2. The molecule has 0 aliphatic rings. The largest absolute Gasteiger partial charge is 0.490 e. The molecule has 1 rings (SSSR count). The first-order valence-corrected chi connectivity index (χ1v) is 4.68. The molecule has 0 spiro atoms. The van der Waals surface area contributed by atoms with E-state index in [1.165, 1.54) is 0 Å². The first kappa shape index (κ1) is 9.45. The standard InChI is InChI=1S/C8H14N2OS/c1-10-7-8(6-9-10)11-4-2-3-5-12/h6-7,12H,2-5H2,1H3. The lowest BCUT2D eigenvalue weighted by Gasteiger charge is -2.00. The van der Waals surface area contributed by atoms with E-state index in [1.807, 2.05) is 13.2 Å². The van der Waals surface area contributed by atoms with Gasteiger partial charge in [-0.3, -0.25) is 4.68 Å². The molecule has 0 unspecified atom stereocenters. The van der Waals surface area contributed by atoms with E-state index in [0.29, 0.717) is 0 Å². The molecule has 0 atom stereocenters. The molecule has 68 valence electrons. The maximum Gasteiger partial charge on any atom is 0.157 e. The molecule has 0 saturated heterocycles. The average Bonchev–Trinajstić information content (AvgIpc) is 2.45. The van der Waals surface area contributed by atoms with Gasteiger partial charge in [0.25, 0.3) is 0 Å². The SMILES string of the molecule is Cn1cc(OCCCCS)cn1. The fourth-order valence-electron chi connectivity index (χ4n) is 0.877. The van der Waals surface area contributed by atoms with Crippen molar-refractivity contribution in [3.63, 3.8) is 0 Å². The van der Waals surface area contributed by atoms with Gasteiger partial charge in [0.15, 0.2) is 5.75 Å². The van der Waals surface area contributed by atoms with Gasteiger partial charge < -0.3 is 4.74 Å². The van der Waals surface area contributed by atoms with Gasteiger partial charge in [-0.25, -0.2) is 0 Å². The van der Waals surface area contributed by atoms with Crippen LogP contribution in [0.25, 0.3) is 0 Å². The third-order valence-electron chi connectivity index (χ3n) is 1.50. The maximum absolute atomic E-state index is 5.41. The van der Waals surface area contributed by atoms with Crippen molar-refractivity contribution in [1.29, 1.82) is 0 Å². The molecule has 4 heteroatoms. The Balaban J connectivity index is 2.15. The Bertz CT molecular complexity index is 225. The fraction of sp³-hybridized carbons (Fsp3) is 0.625. The zero-order valence-corrected chi connectivity index (χ0v) is 8.13. The molecule has 0 N–H and O–H groups in total. The molecular weight excluding hydrogens is 172 g/mol. The Hall–Kier alpha value is -0.640. The highest BCUT2D eigenvalue weighted by Gasteiger charge is 1.94. The van der Waals surface area contributed by atoms with Gasteiger partial charge in [0, 0.05) is 7.05 Å². The van der Waals surface area contributed by atoms with Crippen LogP contribution in [0.1, 0.15) is 12.8 Å². The lowest BCUT2D eigenvalue weighted by atomic mass is 10.4. The first-order valence-electron chi connectivity index (χ1n) is 4.05. The van der Waals surface area contributed by atoms with Crippen molar-refractivity contribution in [2.24, 2.45) is 7.05 Å². The van der Waals surface area contributed by atoms with Gasteiger partial charge in [0.1, 0.15) is 0 Å². The van der Waals surface area contributed by atoms with Crippen molar-refractivity contribution in [3.8, 4) is 5.75 Å². The van der Waals surface area contributed by atoms with E-state index in [9.17, 15) is 0 Å². The van der Waals surface area contributed by atoms with Crippen molar-refractivity contribution in [2.45, 2.75) is 12.8 Å². The monoisotopic (exact) mass is 186 g/mol. The predicted octanol–water partition coefficient (Wildman–Crippen LogP) is 1.51. The Morgan fingerprint density at radius 3 is 3.00 bits per heavy atom. The first-order chi connectivity index (χ1) is 5.83. The normalized spacial score (nSPS) is 10.2. The van der Waals surface area contributed by atoms with Crippen LogP contribution in [0.4, 0.5) is 0 Å². The Kier molecular flexibility index (Phi) is 4.00. The van der Waals surface area contributed by atoms with Crippen molar-refractivity contribution in [1.82, 2.24) is 9.78 Å². The minimum atomic E-state index is 0.756. The number of ether oxygens (including phenoxy) is 1. The zero-order chi connectivity index (χ0) is 8.81. The molecule has 3 nitrogen and oxygen atoms in total. The molecular formula is C8H14N2OS. The number of hydrogen-bond donors (Lipinski definition) is 1. The second-order valence-corrected chi connectivity index (χ2v) is 3.08. The highest BCUT2D eigenvalue weighted by molar-refractivity contribution is 7.80. The van der Waals surface area contributed by atoms with Crippen molar-refractivity contribution in [3.05, 3.63) is 12.4 Å². The number of aryl methyl sites for hydroxylation is 1. The van der Waals surface area contributed by atoms with Gasteiger partial charge in [0.05, 0.1) is 19.0 Å².